The van der Waals surface area contributed by atoms with Crippen molar-refractivity contribution >= 4 is 45.7 Å². The molecule has 3 aromatic rings. The van der Waals surface area contributed by atoms with Crippen LogP contribution in [0, 0.1) is 6.92 Å². The van der Waals surface area contributed by atoms with Crippen molar-refractivity contribution in [2.45, 2.75) is 6.92 Å². The smallest absolute Gasteiger partial charge is 0.276 e. The van der Waals surface area contributed by atoms with Crippen molar-refractivity contribution in [1.82, 2.24) is 10.2 Å². The van der Waals surface area contributed by atoms with Gasteiger partial charge in [-0.15, -0.1) is 0 Å². The van der Waals surface area contributed by atoms with Crippen LogP contribution in [-0.4, -0.2) is 16.1 Å². The van der Waals surface area contributed by atoms with Gasteiger partial charge in [0.15, 0.2) is 5.69 Å². The first-order valence-electron chi connectivity index (χ1n) is 6.27. The number of carbonyl (C=O) groups is 1. The van der Waals surface area contributed by atoms with E-state index in [0.717, 1.165) is 16.5 Å². The Morgan fingerprint density at radius 3 is 2.76 bits per heavy atom. The van der Waals surface area contributed by atoms with E-state index in [1.54, 1.807) is 12.1 Å². The van der Waals surface area contributed by atoms with Crippen molar-refractivity contribution in [2.75, 3.05) is 5.32 Å². The van der Waals surface area contributed by atoms with Crippen LogP contribution in [0.2, 0.25) is 10.0 Å². The third kappa shape index (κ3) is 2.48. The Labute approximate surface area is 131 Å². The Kier molecular flexibility index (Phi) is 3.57. The number of amides is 1. The standard InChI is InChI=1S/C15H11Cl2N3O/c1-8-6-7-10(16)14(12(8)17)18-15(21)13-9-4-2-3-5-11(9)19-20-13/h2-7H,1H3,(H,18,21)(H,19,20). The van der Waals surface area contributed by atoms with Crippen molar-refractivity contribution in [3.8, 4) is 0 Å². The van der Waals surface area contributed by atoms with Crippen molar-refractivity contribution in [1.29, 1.82) is 0 Å². The van der Waals surface area contributed by atoms with Gasteiger partial charge in [-0.05, 0) is 24.6 Å². The van der Waals surface area contributed by atoms with E-state index in [0.29, 0.717) is 21.4 Å². The minimum absolute atomic E-state index is 0.305. The lowest BCUT2D eigenvalue weighted by Crippen LogP contribution is -2.13. The number of nitrogens with one attached hydrogen (secondary N) is 2. The van der Waals surface area contributed by atoms with E-state index in [1.165, 1.54) is 0 Å². The lowest BCUT2D eigenvalue weighted by Gasteiger charge is -2.10. The second kappa shape index (κ2) is 5.39. The predicted octanol–water partition coefficient (Wildman–Crippen LogP) is 4.43. The number of aryl methyl sites for hydroxylation is 1. The zero-order valence-corrected chi connectivity index (χ0v) is 12.6. The molecule has 0 aliphatic rings. The highest BCUT2D eigenvalue weighted by molar-refractivity contribution is 6.40. The van der Waals surface area contributed by atoms with E-state index in [1.807, 2.05) is 31.2 Å². The number of hydrogen-bond donors (Lipinski definition) is 2. The third-order valence-electron chi connectivity index (χ3n) is 3.21. The van der Waals surface area contributed by atoms with Crippen molar-refractivity contribution < 1.29 is 4.79 Å². The third-order valence-corrected chi connectivity index (χ3v) is 4.01. The topological polar surface area (TPSA) is 57.8 Å². The molecule has 0 fully saturated rings. The molecular weight excluding hydrogens is 309 g/mol. The molecule has 4 nitrogen and oxygen atoms in total. The van der Waals surface area contributed by atoms with Crippen LogP contribution in [0.3, 0.4) is 0 Å². The maximum absolute atomic E-state index is 12.4. The number of halogens is 2. The molecule has 1 heterocycles. The summed E-state index contributed by atoms with van der Waals surface area (Å²) in [6, 6.07) is 10.9. The molecule has 0 aliphatic carbocycles. The summed E-state index contributed by atoms with van der Waals surface area (Å²) in [6.07, 6.45) is 0. The molecule has 106 valence electrons. The molecule has 0 atom stereocenters. The van der Waals surface area contributed by atoms with Gasteiger partial charge in [0.25, 0.3) is 5.91 Å². The molecule has 0 spiro atoms. The highest BCUT2D eigenvalue weighted by atomic mass is 35.5. The summed E-state index contributed by atoms with van der Waals surface area (Å²) >= 11 is 12.3. The largest absolute Gasteiger partial charge is 0.318 e. The fourth-order valence-electron chi connectivity index (χ4n) is 2.08. The van der Waals surface area contributed by atoms with Gasteiger partial charge in [0.1, 0.15) is 0 Å². The van der Waals surface area contributed by atoms with Gasteiger partial charge in [0.2, 0.25) is 0 Å². The number of fused-ring (bicyclic) bond motifs is 1. The average molecular weight is 320 g/mol. The highest BCUT2D eigenvalue weighted by Gasteiger charge is 2.17. The van der Waals surface area contributed by atoms with E-state index in [9.17, 15) is 4.79 Å². The summed E-state index contributed by atoms with van der Waals surface area (Å²) in [5.74, 6) is -0.359. The second-order valence-electron chi connectivity index (χ2n) is 4.63. The first kappa shape index (κ1) is 13.9. The van der Waals surface area contributed by atoms with Gasteiger partial charge in [-0.3, -0.25) is 9.89 Å². The first-order chi connectivity index (χ1) is 10.1. The molecule has 1 aromatic heterocycles. The van der Waals surface area contributed by atoms with Gasteiger partial charge < -0.3 is 5.32 Å². The van der Waals surface area contributed by atoms with E-state index in [4.69, 9.17) is 23.2 Å². The molecule has 0 saturated heterocycles. The molecular formula is C15H11Cl2N3O. The molecule has 2 aromatic carbocycles. The Hall–Kier alpha value is -2.04. The van der Waals surface area contributed by atoms with Gasteiger partial charge in [0, 0.05) is 5.39 Å². The Bertz CT molecular complexity index is 842. The summed E-state index contributed by atoms with van der Waals surface area (Å²) < 4.78 is 0. The van der Waals surface area contributed by atoms with E-state index < -0.39 is 0 Å². The summed E-state index contributed by atoms with van der Waals surface area (Å²) in [5, 5.41) is 11.2. The van der Waals surface area contributed by atoms with Crippen LogP contribution in [0.4, 0.5) is 5.69 Å². The first-order valence-corrected chi connectivity index (χ1v) is 7.02. The highest BCUT2D eigenvalue weighted by Crippen LogP contribution is 2.33. The van der Waals surface area contributed by atoms with Gasteiger partial charge in [0.05, 0.1) is 21.2 Å². The minimum Gasteiger partial charge on any atom is -0.318 e. The molecule has 0 saturated carbocycles. The second-order valence-corrected chi connectivity index (χ2v) is 5.41. The zero-order chi connectivity index (χ0) is 15.0. The number of anilines is 1. The normalized spacial score (nSPS) is 10.8. The van der Waals surface area contributed by atoms with E-state index in [-0.39, 0.29) is 5.91 Å². The molecule has 3 rings (SSSR count). The number of H-pyrrole nitrogens is 1. The molecule has 0 aliphatic heterocycles. The summed E-state index contributed by atoms with van der Waals surface area (Å²) in [6.45, 7) is 1.85. The van der Waals surface area contributed by atoms with Gasteiger partial charge in [-0.2, -0.15) is 5.10 Å². The monoisotopic (exact) mass is 319 g/mol. The fraction of sp³-hybridized carbons (Fsp3) is 0.0667. The van der Waals surface area contributed by atoms with E-state index >= 15 is 0 Å². The molecule has 0 unspecified atom stereocenters. The number of aromatic nitrogens is 2. The number of aromatic amines is 1. The number of nitrogens with zero attached hydrogens (tertiary/aromatic N) is 1. The summed E-state index contributed by atoms with van der Waals surface area (Å²) in [7, 11) is 0. The maximum Gasteiger partial charge on any atom is 0.276 e. The minimum atomic E-state index is -0.359. The number of para-hydroxylation sites is 1. The summed E-state index contributed by atoms with van der Waals surface area (Å²) in [4.78, 5) is 12.4. The average Bonchev–Trinajstić information content (AvgIpc) is 2.91. The Morgan fingerprint density at radius 2 is 1.95 bits per heavy atom. The van der Waals surface area contributed by atoms with Gasteiger partial charge in [-0.1, -0.05) is 47.5 Å². The lowest BCUT2D eigenvalue weighted by molar-refractivity contribution is 0.102. The van der Waals surface area contributed by atoms with Crippen LogP contribution in [0.25, 0.3) is 10.9 Å². The number of carbonyl (C=O) groups excluding carboxylic acids is 1. The van der Waals surface area contributed by atoms with Crippen molar-refractivity contribution in [2.24, 2.45) is 0 Å². The molecule has 1 amide bonds. The van der Waals surface area contributed by atoms with Crippen molar-refractivity contribution in [3.63, 3.8) is 0 Å². The van der Waals surface area contributed by atoms with Crippen molar-refractivity contribution in [3.05, 3.63) is 57.7 Å². The van der Waals surface area contributed by atoms with Crippen LogP contribution in [-0.2, 0) is 0 Å². The zero-order valence-electron chi connectivity index (χ0n) is 11.1. The molecule has 21 heavy (non-hydrogen) atoms. The number of hydrogen-bond acceptors (Lipinski definition) is 2. The molecule has 2 N–H and O–H groups in total. The summed E-state index contributed by atoms with van der Waals surface area (Å²) in [5.41, 5.74) is 2.34. The van der Waals surface area contributed by atoms with Gasteiger partial charge >= 0.3 is 0 Å². The van der Waals surface area contributed by atoms with E-state index in [2.05, 4.69) is 15.5 Å². The number of benzene rings is 2. The maximum atomic E-state index is 12.4. The quantitative estimate of drug-likeness (QED) is 0.734. The SMILES string of the molecule is Cc1ccc(Cl)c(NC(=O)c2n[nH]c3ccccc23)c1Cl. The van der Waals surface area contributed by atoms with Gasteiger partial charge in [-0.25, -0.2) is 0 Å². The molecule has 6 heteroatoms. The van der Waals surface area contributed by atoms with Crippen LogP contribution in [0.1, 0.15) is 16.1 Å². The van der Waals surface area contributed by atoms with Crippen LogP contribution >= 0.6 is 23.2 Å². The molecule has 0 radical (unpaired) electrons. The fourth-order valence-corrected chi connectivity index (χ4v) is 2.55. The van der Waals surface area contributed by atoms with Crippen LogP contribution < -0.4 is 5.32 Å². The Morgan fingerprint density at radius 1 is 1.19 bits per heavy atom. The number of rotatable bonds is 2. The Balaban J connectivity index is 1.99. The van der Waals surface area contributed by atoms with Crippen LogP contribution in [0.15, 0.2) is 36.4 Å². The predicted molar refractivity (Wildman–Crippen MR) is 85.2 cm³/mol. The molecule has 0 bridgehead atoms. The lowest BCUT2D eigenvalue weighted by atomic mass is 10.2. The van der Waals surface area contributed by atoms with Crippen LogP contribution in [0.5, 0.6) is 0 Å².